The Morgan fingerprint density at radius 1 is 1.31 bits per heavy atom. The number of thioether (sulfide) groups is 1. The van der Waals surface area contributed by atoms with Gasteiger partial charge in [0.1, 0.15) is 5.82 Å². The minimum Gasteiger partial charge on any atom is -0.367 e. The Hall–Kier alpha value is -2.32. The number of fused-ring (bicyclic) bond motifs is 1. The van der Waals surface area contributed by atoms with Gasteiger partial charge in [-0.15, -0.1) is 0 Å². The zero-order valence-corrected chi connectivity index (χ0v) is 18.3. The quantitative estimate of drug-likeness (QED) is 0.388. The van der Waals surface area contributed by atoms with Gasteiger partial charge in [-0.2, -0.15) is 5.10 Å². The van der Waals surface area contributed by atoms with Crippen molar-refractivity contribution in [2.24, 2.45) is 0 Å². The van der Waals surface area contributed by atoms with E-state index in [1.807, 2.05) is 0 Å². The molecule has 3 rings (SSSR count). The predicted molar refractivity (Wildman–Crippen MR) is 119 cm³/mol. The van der Waals surface area contributed by atoms with Gasteiger partial charge in [0.05, 0.1) is 18.1 Å². The fraction of sp³-hybridized carbons (Fsp3) is 0.400. The van der Waals surface area contributed by atoms with E-state index in [0.717, 1.165) is 34.2 Å². The second-order valence-electron chi connectivity index (χ2n) is 6.87. The lowest BCUT2D eigenvalue weighted by Crippen LogP contribution is -2.27. The summed E-state index contributed by atoms with van der Waals surface area (Å²) in [5, 5.41) is 12.9. The molecule has 29 heavy (non-hydrogen) atoms. The minimum absolute atomic E-state index is 0.167. The fourth-order valence-corrected chi connectivity index (χ4v) is 3.63. The third-order valence-electron chi connectivity index (χ3n) is 4.03. The van der Waals surface area contributed by atoms with Crippen molar-refractivity contribution in [3.63, 3.8) is 0 Å². The normalized spacial score (nSPS) is 11.2. The lowest BCUT2D eigenvalue weighted by atomic mass is 10.2. The standard InChI is InChI=1S/C20H25ClN6OS/c1-4-10-29-20-25-17(24-13(2)3)16-12-23-27(18(16)26-20)9-8-22-19(28)14-6-5-7-15(21)11-14/h5-7,11-13H,4,8-10H2,1-3H3,(H,22,28)(H,24,25,26). The maximum absolute atomic E-state index is 12.3. The molecule has 0 saturated carbocycles. The van der Waals surface area contributed by atoms with Crippen LogP contribution in [0.3, 0.4) is 0 Å². The van der Waals surface area contributed by atoms with Crippen LogP contribution in [0.2, 0.25) is 5.02 Å². The molecule has 0 aliphatic rings. The molecule has 7 nitrogen and oxygen atoms in total. The summed E-state index contributed by atoms with van der Waals surface area (Å²) in [5.41, 5.74) is 1.30. The van der Waals surface area contributed by atoms with Crippen molar-refractivity contribution in [3.8, 4) is 0 Å². The smallest absolute Gasteiger partial charge is 0.251 e. The van der Waals surface area contributed by atoms with E-state index in [9.17, 15) is 4.79 Å². The van der Waals surface area contributed by atoms with Crippen LogP contribution in [0.15, 0.2) is 35.6 Å². The molecule has 2 aromatic heterocycles. The fourth-order valence-electron chi connectivity index (χ4n) is 2.75. The van der Waals surface area contributed by atoms with Crippen LogP contribution in [0.4, 0.5) is 5.82 Å². The first-order valence-corrected chi connectivity index (χ1v) is 11.0. The number of anilines is 1. The Kier molecular flexibility index (Phi) is 7.33. The summed E-state index contributed by atoms with van der Waals surface area (Å²) in [6, 6.07) is 7.13. The summed E-state index contributed by atoms with van der Waals surface area (Å²) in [5.74, 6) is 1.58. The first-order chi connectivity index (χ1) is 14.0. The number of halogens is 1. The third kappa shape index (κ3) is 5.61. The number of hydrogen-bond donors (Lipinski definition) is 2. The van der Waals surface area contributed by atoms with E-state index in [1.54, 1.807) is 46.9 Å². The molecule has 3 aromatic rings. The third-order valence-corrected chi connectivity index (χ3v) is 5.32. The van der Waals surface area contributed by atoms with Crippen LogP contribution in [0, 0.1) is 0 Å². The van der Waals surface area contributed by atoms with Gasteiger partial charge in [-0.25, -0.2) is 14.6 Å². The first kappa shape index (κ1) is 21.4. The number of hydrogen-bond acceptors (Lipinski definition) is 6. The number of nitrogens with zero attached hydrogens (tertiary/aromatic N) is 4. The van der Waals surface area contributed by atoms with E-state index in [1.165, 1.54) is 0 Å². The zero-order chi connectivity index (χ0) is 20.8. The highest BCUT2D eigenvalue weighted by Crippen LogP contribution is 2.25. The Balaban J connectivity index is 1.75. The van der Waals surface area contributed by atoms with Gasteiger partial charge in [-0.05, 0) is 38.5 Å². The van der Waals surface area contributed by atoms with Gasteiger partial charge in [-0.1, -0.05) is 36.4 Å². The average molecular weight is 433 g/mol. The Labute approximate surface area is 179 Å². The number of nitrogens with one attached hydrogen (secondary N) is 2. The largest absolute Gasteiger partial charge is 0.367 e. The molecule has 9 heteroatoms. The van der Waals surface area contributed by atoms with Crippen LogP contribution in [-0.4, -0.2) is 44.0 Å². The lowest BCUT2D eigenvalue weighted by Gasteiger charge is -2.12. The first-order valence-electron chi connectivity index (χ1n) is 9.64. The molecule has 0 spiro atoms. The van der Waals surface area contributed by atoms with Crippen molar-refractivity contribution in [3.05, 3.63) is 41.0 Å². The van der Waals surface area contributed by atoms with Crippen LogP contribution in [0.25, 0.3) is 11.0 Å². The van der Waals surface area contributed by atoms with Crippen molar-refractivity contribution in [1.29, 1.82) is 0 Å². The van der Waals surface area contributed by atoms with E-state index in [4.69, 9.17) is 16.6 Å². The molecule has 0 bridgehead atoms. The number of amides is 1. The van der Waals surface area contributed by atoms with Crippen molar-refractivity contribution < 1.29 is 4.79 Å². The number of carbonyl (C=O) groups excluding carboxylic acids is 1. The number of rotatable bonds is 9. The Morgan fingerprint density at radius 3 is 2.86 bits per heavy atom. The van der Waals surface area contributed by atoms with E-state index in [2.05, 4.69) is 41.5 Å². The molecule has 0 aliphatic heterocycles. The van der Waals surface area contributed by atoms with E-state index < -0.39 is 0 Å². The van der Waals surface area contributed by atoms with Gasteiger partial charge < -0.3 is 10.6 Å². The van der Waals surface area contributed by atoms with Crippen LogP contribution < -0.4 is 10.6 Å². The molecule has 0 fully saturated rings. The molecule has 1 aromatic carbocycles. The summed E-state index contributed by atoms with van der Waals surface area (Å²) >= 11 is 7.59. The molecule has 0 aliphatic carbocycles. The highest BCUT2D eigenvalue weighted by molar-refractivity contribution is 7.99. The van der Waals surface area contributed by atoms with Crippen LogP contribution >= 0.6 is 23.4 Å². The molecule has 0 unspecified atom stereocenters. The van der Waals surface area contributed by atoms with Crippen LogP contribution in [0.5, 0.6) is 0 Å². The number of aromatic nitrogens is 4. The van der Waals surface area contributed by atoms with Crippen LogP contribution in [-0.2, 0) is 6.54 Å². The molecule has 0 atom stereocenters. The van der Waals surface area contributed by atoms with Gasteiger partial charge >= 0.3 is 0 Å². The molecule has 154 valence electrons. The van der Waals surface area contributed by atoms with Crippen molar-refractivity contribution >= 4 is 46.1 Å². The monoisotopic (exact) mass is 432 g/mol. The summed E-state index contributed by atoms with van der Waals surface area (Å²) in [4.78, 5) is 21.6. The van der Waals surface area contributed by atoms with Gasteiger partial charge in [0.15, 0.2) is 10.8 Å². The number of carbonyl (C=O) groups is 1. The van der Waals surface area contributed by atoms with Crippen molar-refractivity contribution in [2.75, 3.05) is 17.6 Å². The molecule has 2 N–H and O–H groups in total. The van der Waals surface area contributed by atoms with E-state index in [0.29, 0.717) is 23.7 Å². The second kappa shape index (κ2) is 9.93. The molecule has 0 radical (unpaired) electrons. The number of benzene rings is 1. The van der Waals surface area contributed by atoms with Gasteiger partial charge in [0.25, 0.3) is 5.91 Å². The highest BCUT2D eigenvalue weighted by Gasteiger charge is 2.14. The Bertz CT molecular complexity index is 990. The average Bonchev–Trinajstić information content (AvgIpc) is 3.09. The molecular weight excluding hydrogens is 408 g/mol. The lowest BCUT2D eigenvalue weighted by molar-refractivity contribution is 0.0952. The summed E-state index contributed by atoms with van der Waals surface area (Å²) in [6.45, 7) is 7.21. The van der Waals surface area contributed by atoms with Gasteiger partial charge in [-0.3, -0.25) is 4.79 Å². The summed E-state index contributed by atoms with van der Waals surface area (Å²) in [6.07, 6.45) is 2.82. The van der Waals surface area contributed by atoms with E-state index in [-0.39, 0.29) is 11.9 Å². The topological polar surface area (TPSA) is 84.7 Å². The van der Waals surface area contributed by atoms with Crippen molar-refractivity contribution in [1.82, 2.24) is 25.1 Å². The zero-order valence-electron chi connectivity index (χ0n) is 16.8. The molecule has 0 saturated heterocycles. The predicted octanol–water partition coefficient (Wildman–Crippen LogP) is 4.23. The highest BCUT2D eigenvalue weighted by atomic mass is 35.5. The minimum atomic E-state index is -0.167. The second-order valence-corrected chi connectivity index (χ2v) is 8.37. The molecule has 2 heterocycles. The van der Waals surface area contributed by atoms with Crippen molar-refractivity contribution in [2.45, 2.75) is 44.9 Å². The van der Waals surface area contributed by atoms with Crippen LogP contribution in [0.1, 0.15) is 37.6 Å². The molecular formula is C20H25ClN6OS. The summed E-state index contributed by atoms with van der Waals surface area (Å²) < 4.78 is 1.80. The summed E-state index contributed by atoms with van der Waals surface area (Å²) in [7, 11) is 0. The molecule has 1 amide bonds. The van der Waals surface area contributed by atoms with E-state index >= 15 is 0 Å². The Morgan fingerprint density at radius 2 is 2.14 bits per heavy atom. The van der Waals surface area contributed by atoms with Gasteiger partial charge in [0, 0.05) is 28.9 Å². The maximum Gasteiger partial charge on any atom is 0.251 e. The van der Waals surface area contributed by atoms with Gasteiger partial charge in [0.2, 0.25) is 0 Å². The maximum atomic E-state index is 12.3. The SMILES string of the molecule is CCCSc1nc(NC(C)C)c2cnn(CCNC(=O)c3cccc(Cl)c3)c2n1.